The molecule has 4 N–H and O–H groups in total. The molecule has 0 bridgehead atoms. The number of halogens is 1. The van der Waals surface area contributed by atoms with Crippen molar-refractivity contribution in [1.29, 1.82) is 0 Å². The van der Waals surface area contributed by atoms with Crippen molar-refractivity contribution in [3.8, 4) is 5.75 Å². The molecule has 0 aromatic heterocycles. The van der Waals surface area contributed by atoms with Crippen LogP contribution >= 0.6 is 0 Å². The second kappa shape index (κ2) is 7.01. The molecule has 1 heterocycles. The van der Waals surface area contributed by atoms with Gasteiger partial charge in [0.1, 0.15) is 5.69 Å². The third kappa shape index (κ3) is 3.65. The Balaban J connectivity index is 2.46. The molecule has 23 heavy (non-hydrogen) atoms. The average molecular weight is 327 g/mol. The van der Waals surface area contributed by atoms with Gasteiger partial charge in [0, 0.05) is 32.2 Å². The summed E-state index contributed by atoms with van der Waals surface area (Å²) >= 11 is 0. The summed E-state index contributed by atoms with van der Waals surface area (Å²) in [5.41, 5.74) is -0.441. The van der Waals surface area contributed by atoms with E-state index < -0.39 is 23.6 Å². The zero-order valence-corrected chi connectivity index (χ0v) is 13.2. The summed E-state index contributed by atoms with van der Waals surface area (Å²) in [7, 11) is 1.96. The monoisotopic (exact) mass is 327 g/mol. The number of carboxylic acids is 1. The third-order valence-electron chi connectivity index (χ3n) is 3.94. The van der Waals surface area contributed by atoms with Crippen LogP contribution in [0.25, 0.3) is 0 Å². The molecule has 7 nitrogen and oxygen atoms in total. The lowest BCUT2D eigenvalue weighted by molar-refractivity contribution is 0.0697. The quantitative estimate of drug-likeness (QED) is 0.593. The molecule has 1 aromatic carbocycles. The predicted molar refractivity (Wildman–Crippen MR) is 84.9 cm³/mol. The minimum Gasteiger partial charge on any atom is -0.504 e. The number of nitrogens with zero attached hydrogens (tertiary/aromatic N) is 2. The number of rotatable bonds is 5. The maximum atomic E-state index is 14.4. The number of aromatic carboxylic acids is 1. The van der Waals surface area contributed by atoms with Crippen LogP contribution in [0.3, 0.4) is 0 Å². The van der Waals surface area contributed by atoms with Gasteiger partial charge in [0.25, 0.3) is 0 Å². The number of phenolic OH excluding ortho intramolecular Hbond substituents is 1. The summed E-state index contributed by atoms with van der Waals surface area (Å²) in [4.78, 5) is 15.1. The van der Waals surface area contributed by atoms with E-state index in [1.54, 1.807) is 11.8 Å². The number of nitrogens with one attached hydrogen (secondary N) is 1. The van der Waals surface area contributed by atoms with Crippen LogP contribution in [-0.4, -0.2) is 72.1 Å². The maximum absolute atomic E-state index is 14.4. The van der Waals surface area contributed by atoms with Gasteiger partial charge in [-0.2, -0.15) is 0 Å². The van der Waals surface area contributed by atoms with Crippen molar-refractivity contribution in [2.75, 3.05) is 50.1 Å². The van der Waals surface area contributed by atoms with Crippen molar-refractivity contribution in [2.45, 2.75) is 13.0 Å². The molecule has 0 aliphatic carbocycles. The number of aliphatic hydroxyl groups excluding tert-OH is 1. The lowest BCUT2D eigenvalue weighted by atomic mass is 10.1. The number of aliphatic hydroxyl groups is 1. The van der Waals surface area contributed by atoms with Gasteiger partial charge in [-0.1, -0.05) is 0 Å². The molecule has 1 unspecified atom stereocenters. The first-order valence-electron chi connectivity index (χ1n) is 7.44. The Hall–Kier alpha value is -2.06. The molecular formula is C15H22FN3O4. The number of hydrogen-bond donors (Lipinski definition) is 4. The Bertz CT molecular complexity index is 589. The second-order valence-corrected chi connectivity index (χ2v) is 5.80. The summed E-state index contributed by atoms with van der Waals surface area (Å²) in [6.45, 7) is 3.87. The first-order chi connectivity index (χ1) is 10.8. The van der Waals surface area contributed by atoms with Gasteiger partial charge < -0.3 is 30.4 Å². The number of hydrogen-bond acceptors (Lipinski definition) is 6. The van der Waals surface area contributed by atoms with Gasteiger partial charge in [0.05, 0.1) is 17.9 Å². The molecule has 128 valence electrons. The number of likely N-dealkylation sites (N-methyl/N-ethyl adjacent to an activating group) is 1. The highest BCUT2D eigenvalue weighted by molar-refractivity contribution is 5.98. The number of carboxylic acid groups (broad SMARTS) is 1. The Morgan fingerprint density at radius 3 is 2.52 bits per heavy atom. The van der Waals surface area contributed by atoms with Gasteiger partial charge in [-0.25, -0.2) is 9.18 Å². The fourth-order valence-electron chi connectivity index (χ4n) is 2.56. The van der Waals surface area contributed by atoms with Crippen molar-refractivity contribution >= 4 is 17.3 Å². The minimum absolute atomic E-state index is 0.00394. The Kier molecular flexibility index (Phi) is 5.27. The van der Waals surface area contributed by atoms with E-state index >= 15 is 0 Å². The molecular weight excluding hydrogens is 305 g/mol. The Morgan fingerprint density at radius 2 is 2.00 bits per heavy atom. The summed E-state index contributed by atoms with van der Waals surface area (Å²) in [6.07, 6.45) is 0. The molecule has 0 amide bonds. The van der Waals surface area contributed by atoms with E-state index in [-0.39, 0.29) is 23.5 Å². The number of anilines is 2. The average Bonchev–Trinajstić information content (AvgIpc) is 2.51. The molecule has 1 saturated heterocycles. The highest BCUT2D eigenvalue weighted by Crippen LogP contribution is 2.40. The largest absolute Gasteiger partial charge is 0.504 e. The molecule has 1 aliphatic rings. The van der Waals surface area contributed by atoms with Crippen LogP contribution in [0.2, 0.25) is 0 Å². The summed E-state index contributed by atoms with van der Waals surface area (Å²) in [5, 5.41) is 31.6. The van der Waals surface area contributed by atoms with Crippen molar-refractivity contribution in [3.05, 3.63) is 17.4 Å². The highest BCUT2D eigenvalue weighted by atomic mass is 19.1. The first kappa shape index (κ1) is 17.3. The van der Waals surface area contributed by atoms with Crippen LogP contribution < -0.4 is 10.2 Å². The van der Waals surface area contributed by atoms with E-state index in [4.69, 9.17) is 5.11 Å². The second-order valence-electron chi connectivity index (χ2n) is 5.80. The van der Waals surface area contributed by atoms with Crippen molar-refractivity contribution in [3.63, 3.8) is 0 Å². The smallest absolute Gasteiger partial charge is 0.338 e. The lowest BCUT2D eigenvalue weighted by Gasteiger charge is -2.35. The molecule has 2 rings (SSSR count). The Morgan fingerprint density at radius 1 is 1.39 bits per heavy atom. The van der Waals surface area contributed by atoms with Crippen molar-refractivity contribution < 1.29 is 24.5 Å². The number of benzene rings is 1. The zero-order chi connectivity index (χ0) is 17.1. The van der Waals surface area contributed by atoms with E-state index in [1.807, 2.05) is 7.05 Å². The van der Waals surface area contributed by atoms with Gasteiger partial charge in [-0.3, -0.25) is 0 Å². The van der Waals surface area contributed by atoms with Crippen molar-refractivity contribution in [1.82, 2.24) is 4.90 Å². The molecule has 1 fully saturated rings. The fourth-order valence-corrected chi connectivity index (χ4v) is 2.56. The summed E-state index contributed by atoms with van der Waals surface area (Å²) in [5.74, 6) is -2.56. The van der Waals surface area contributed by atoms with E-state index in [0.29, 0.717) is 13.1 Å². The standard InChI is InChI=1S/C15H22FN3O4/c1-9(8-20)17-12-10(15(22)23)7-11(16)13(14(12)21)19-5-3-18(2)4-6-19/h7,9,17,20-21H,3-6,8H2,1-2H3,(H,22,23). The number of aromatic hydroxyl groups is 1. The van der Waals surface area contributed by atoms with Crippen LogP contribution in [0.1, 0.15) is 17.3 Å². The van der Waals surface area contributed by atoms with Crippen LogP contribution in [-0.2, 0) is 0 Å². The summed E-state index contributed by atoms with van der Waals surface area (Å²) in [6, 6.07) is 0.423. The first-order valence-corrected chi connectivity index (χ1v) is 7.44. The van der Waals surface area contributed by atoms with Gasteiger partial charge in [0.2, 0.25) is 0 Å². The molecule has 0 saturated carbocycles. The van der Waals surface area contributed by atoms with E-state index in [0.717, 1.165) is 19.2 Å². The van der Waals surface area contributed by atoms with Gasteiger partial charge in [0.15, 0.2) is 11.6 Å². The lowest BCUT2D eigenvalue weighted by Crippen LogP contribution is -2.45. The van der Waals surface area contributed by atoms with Gasteiger partial charge in [-0.15, -0.1) is 0 Å². The van der Waals surface area contributed by atoms with Gasteiger partial charge >= 0.3 is 5.97 Å². The number of phenols is 1. The number of piperazine rings is 1. The zero-order valence-electron chi connectivity index (χ0n) is 13.2. The maximum Gasteiger partial charge on any atom is 0.338 e. The minimum atomic E-state index is -1.35. The van der Waals surface area contributed by atoms with Crippen LogP contribution in [0.5, 0.6) is 5.75 Å². The fraction of sp³-hybridized carbons (Fsp3) is 0.533. The molecule has 0 spiro atoms. The highest BCUT2D eigenvalue weighted by Gasteiger charge is 2.27. The van der Waals surface area contributed by atoms with Gasteiger partial charge in [-0.05, 0) is 20.0 Å². The van der Waals surface area contributed by atoms with Crippen LogP contribution in [0, 0.1) is 5.82 Å². The molecule has 8 heteroatoms. The number of carbonyl (C=O) groups is 1. The summed E-state index contributed by atoms with van der Waals surface area (Å²) < 4.78 is 14.4. The molecule has 1 aromatic rings. The van der Waals surface area contributed by atoms with Crippen molar-refractivity contribution in [2.24, 2.45) is 0 Å². The normalized spacial score (nSPS) is 17.1. The van der Waals surface area contributed by atoms with E-state index in [9.17, 15) is 19.4 Å². The van der Waals surface area contributed by atoms with Crippen LogP contribution in [0.15, 0.2) is 6.07 Å². The molecule has 1 atom stereocenters. The van der Waals surface area contributed by atoms with E-state index in [1.165, 1.54) is 0 Å². The topological polar surface area (TPSA) is 96.3 Å². The molecule has 0 radical (unpaired) electrons. The predicted octanol–water partition coefficient (Wildman–Crippen LogP) is 0.774. The Labute approximate surface area is 133 Å². The van der Waals surface area contributed by atoms with Crippen LogP contribution in [0.4, 0.5) is 15.8 Å². The third-order valence-corrected chi connectivity index (χ3v) is 3.94. The molecule has 1 aliphatic heterocycles. The van der Waals surface area contributed by atoms with E-state index in [2.05, 4.69) is 10.2 Å². The SMILES string of the molecule is CC(CO)Nc1c(C(=O)O)cc(F)c(N2CCN(C)CC2)c1O.